The van der Waals surface area contributed by atoms with Gasteiger partial charge in [-0.15, -0.1) is 0 Å². The second-order valence-corrected chi connectivity index (χ2v) is 4.68. The summed E-state index contributed by atoms with van der Waals surface area (Å²) in [7, 11) is 1.73. The summed E-state index contributed by atoms with van der Waals surface area (Å²) in [5, 5.41) is 10.6. The Morgan fingerprint density at radius 1 is 1.44 bits per heavy atom. The monoisotopic (exact) mass is 250 g/mol. The van der Waals surface area contributed by atoms with Gasteiger partial charge in [-0.25, -0.2) is 0 Å². The smallest absolute Gasteiger partial charge is 0.269 e. The summed E-state index contributed by atoms with van der Waals surface area (Å²) in [6, 6.07) is 6.78. The van der Waals surface area contributed by atoms with Crippen LogP contribution >= 0.6 is 0 Å². The van der Waals surface area contributed by atoms with Gasteiger partial charge in [0.05, 0.1) is 11.5 Å². The zero-order valence-electron chi connectivity index (χ0n) is 10.5. The lowest BCUT2D eigenvalue weighted by Crippen LogP contribution is -2.37. The molecule has 5 heteroatoms. The number of nitro benzene ring substituents is 1. The van der Waals surface area contributed by atoms with Gasteiger partial charge in [-0.2, -0.15) is 0 Å². The maximum absolute atomic E-state index is 10.6. The van der Waals surface area contributed by atoms with E-state index in [1.807, 2.05) is 12.1 Å². The van der Waals surface area contributed by atoms with E-state index in [0.717, 1.165) is 31.8 Å². The molecule has 1 saturated heterocycles. The molecule has 0 bridgehead atoms. The summed E-state index contributed by atoms with van der Waals surface area (Å²) in [6.07, 6.45) is 2.34. The first-order valence-corrected chi connectivity index (χ1v) is 6.19. The number of anilines is 1. The van der Waals surface area contributed by atoms with Gasteiger partial charge in [0.2, 0.25) is 0 Å². The van der Waals surface area contributed by atoms with Crippen LogP contribution in [0.3, 0.4) is 0 Å². The fourth-order valence-electron chi connectivity index (χ4n) is 2.46. The highest BCUT2D eigenvalue weighted by molar-refractivity contribution is 5.51. The minimum Gasteiger partial charge on any atom is -0.384 e. The van der Waals surface area contributed by atoms with Gasteiger partial charge in [0.1, 0.15) is 0 Å². The van der Waals surface area contributed by atoms with Crippen LogP contribution in [0.5, 0.6) is 0 Å². The van der Waals surface area contributed by atoms with Crippen molar-refractivity contribution in [1.29, 1.82) is 0 Å². The van der Waals surface area contributed by atoms with E-state index in [9.17, 15) is 10.1 Å². The maximum atomic E-state index is 10.6. The Kier molecular flexibility index (Phi) is 4.15. The van der Waals surface area contributed by atoms with Crippen LogP contribution in [0.15, 0.2) is 24.3 Å². The highest BCUT2D eigenvalue weighted by atomic mass is 16.6. The summed E-state index contributed by atoms with van der Waals surface area (Å²) in [5.74, 6) is 0.555. The number of hydrogen-bond donors (Lipinski definition) is 0. The summed E-state index contributed by atoms with van der Waals surface area (Å²) in [5.41, 5.74) is 1.20. The molecule has 1 aliphatic rings. The number of methoxy groups -OCH3 is 1. The molecule has 1 aromatic carbocycles. The van der Waals surface area contributed by atoms with E-state index in [1.165, 1.54) is 6.42 Å². The van der Waals surface area contributed by atoms with Crippen molar-refractivity contribution in [3.05, 3.63) is 34.4 Å². The third-order valence-electron chi connectivity index (χ3n) is 3.35. The van der Waals surface area contributed by atoms with Gasteiger partial charge in [-0.3, -0.25) is 10.1 Å². The Morgan fingerprint density at radius 3 is 2.78 bits per heavy atom. The average Bonchev–Trinajstić information content (AvgIpc) is 2.39. The molecule has 5 nitrogen and oxygen atoms in total. The molecule has 0 spiro atoms. The van der Waals surface area contributed by atoms with E-state index in [0.29, 0.717) is 5.92 Å². The lowest BCUT2D eigenvalue weighted by Gasteiger charge is -2.34. The first-order chi connectivity index (χ1) is 8.70. The summed E-state index contributed by atoms with van der Waals surface area (Å²) >= 11 is 0. The zero-order valence-corrected chi connectivity index (χ0v) is 10.5. The zero-order chi connectivity index (χ0) is 13.0. The lowest BCUT2D eigenvalue weighted by atomic mass is 9.98. The van der Waals surface area contributed by atoms with Crippen molar-refractivity contribution in [2.75, 3.05) is 31.7 Å². The molecule has 0 aliphatic carbocycles. The molecule has 2 rings (SSSR count). The molecule has 1 fully saturated rings. The second-order valence-electron chi connectivity index (χ2n) is 4.68. The SMILES string of the molecule is COC[C@H]1CCCN(c2ccc([N+](=O)[O-])cc2)C1. The Bertz CT molecular complexity index is 403. The van der Waals surface area contributed by atoms with Gasteiger partial charge in [0, 0.05) is 38.0 Å². The van der Waals surface area contributed by atoms with Crippen molar-refractivity contribution in [3.8, 4) is 0 Å². The molecule has 98 valence electrons. The van der Waals surface area contributed by atoms with E-state index in [2.05, 4.69) is 4.90 Å². The topological polar surface area (TPSA) is 55.6 Å². The van der Waals surface area contributed by atoms with Crippen molar-refractivity contribution < 1.29 is 9.66 Å². The predicted molar refractivity (Wildman–Crippen MR) is 69.9 cm³/mol. The van der Waals surface area contributed by atoms with Gasteiger partial charge in [0.15, 0.2) is 0 Å². The molecule has 1 atom stereocenters. The summed E-state index contributed by atoms with van der Waals surface area (Å²) in [4.78, 5) is 12.5. The van der Waals surface area contributed by atoms with Crippen LogP contribution in [-0.4, -0.2) is 31.7 Å². The molecule has 0 amide bonds. The van der Waals surface area contributed by atoms with Crippen LogP contribution in [0.4, 0.5) is 11.4 Å². The number of ether oxygens (including phenoxy) is 1. The first kappa shape index (κ1) is 12.8. The fraction of sp³-hybridized carbons (Fsp3) is 0.538. The Balaban J connectivity index is 2.04. The maximum Gasteiger partial charge on any atom is 0.269 e. The predicted octanol–water partition coefficient (Wildman–Crippen LogP) is 2.46. The second kappa shape index (κ2) is 5.82. The third kappa shape index (κ3) is 2.98. The molecule has 1 aromatic rings. The van der Waals surface area contributed by atoms with E-state index in [-0.39, 0.29) is 10.6 Å². The standard InChI is InChI=1S/C13H18N2O3/c1-18-10-11-3-2-8-14(9-11)12-4-6-13(7-5-12)15(16)17/h4-7,11H,2-3,8-10H2,1H3/t11-/m0/s1. The Labute approximate surface area is 107 Å². The molecule has 0 N–H and O–H groups in total. The quantitative estimate of drug-likeness (QED) is 0.608. The number of non-ortho nitro benzene ring substituents is 1. The molecular formula is C13H18N2O3. The highest BCUT2D eigenvalue weighted by Gasteiger charge is 2.20. The lowest BCUT2D eigenvalue weighted by molar-refractivity contribution is -0.384. The minimum atomic E-state index is -0.367. The number of rotatable bonds is 4. The summed E-state index contributed by atoms with van der Waals surface area (Å²) in [6.45, 7) is 2.76. The fourth-order valence-corrected chi connectivity index (χ4v) is 2.46. The number of benzene rings is 1. The third-order valence-corrected chi connectivity index (χ3v) is 3.35. The number of nitro groups is 1. The molecule has 0 aromatic heterocycles. The highest BCUT2D eigenvalue weighted by Crippen LogP contribution is 2.25. The molecule has 0 radical (unpaired) electrons. The molecule has 0 saturated carbocycles. The van der Waals surface area contributed by atoms with Crippen molar-refractivity contribution in [2.24, 2.45) is 5.92 Å². The van der Waals surface area contributed by atoms with Crippen LogP contribution in [0.1, 0.15) is 12.8 Å². The summed E-state index contributed by atoms with van der Waals surface area (Å²) < 4.78 is 5.20. The van der Waals surface area contributed by atoms with Crippen molar-refractivity contribution in [2.45, 2.75) is 12.8 Å². The van der Waals surface area contributed by atoms with Crippen LogP contribution in [0, 0.1) is 16.0 Å². The van der Waals surface area contributed by atoms with Gasteiger partial charge in [-0.1, -0.05) is 0 Å². The molecule has 18 heavy (non-hydrogen) atoms. The first-order valence-electron chi connectivity index (χ1n) is 6.19. The number of piperidine rings is 1. The average molecular weight is 250 g/mol. The van der Waals surface area contributed by atoms with Crippen LogP contribution in [0.25, 0.3) is 0 Å². The van der Waals surface area contributed by atoms with Gasteiger partial charge in [-0.05, 0) is 30.9 Å². The van der Waals surface area contributed by atoms with Crippen LogP contribution in [0.2, 0.25) is 0 Å². The largest absolute Gasteiger partial charge is 0.384 e. The Morgan fingerprint density at radius 2 is 2.17 bits per heavy atom. The van der Waals surface area contributed by atoms with E-state index >= 15 is 0 Å². The number of hydrogen-bond acceptors (Lipinski definition) is 4. The molecule has 0 unspecified atom stereocenters. The van der Waals surface area contributed by atoms with Crippen molar-refractivity contribution >= 4 is 11.4 Å². The molecule has 1 aliphatic heterocycles. The Hall–Kier alpha value is -1.62. The van der Waals surface area contributed by atoms with Crippen molar-refractivity contribution in [1.82, 2.24) is 0 Å². The van der Waals surface area contributed by atoms with E-state index < -0.39 is 0 Å². The van der Waals surface area contributed by atoms with Crippen LogP contribution < -0.4 is 4.90 Å². The van der Waals surface area contributed by atoms with Gasteiger partial charge < -0.3 is 9.64 Å². The van der Waals surface area contributed by atoms with Crippen molar-refractivity contribution in [3.63, 3.8) is 0 Å². The normalized spacial score (nSPS) is 19.8. The number of nitrogens with zero attached hydrogens (tertiary/aromatic N) is 2. The minimum absolute atomic E-state index is 0.143. The molecule has 1 heterocycles. The molecular weight excluding hydrogens is 232 g/mol. The van der Waals surface area contributed by atoms with E-state index in [1.54, 1.807) is 19.2 Å². The van der Waals surface area contributed by atoms with E-state index in [4.69, 9.17) is 4.74 Å². The van der Waals surface area contributed by atoms with Gasteiger partial charge >= 0.3 is 0 Å². The van der Waals surface area contributed by atoms with Gasteiger partial charge in [0.25, 0.3) is 5.69 Å². The van der Waals surface area contributed by atoms with Crippen LogP contribution in [-0.2, 0) is 4.74 Å².